The van der Waals surface area contributed by atoms with Crippen molar-refractivity contribution >= 4 is 26.9 Å². The highest BCUT2D eigenvalue weighted by atomic mass is 79.9. The Kier molecular flexibility index (Phi) is 2.48. The van der Waals surface area contributed by atoms with Crippen LogP contribution in [0, 0.1) is 6.92 Å². The van der Waals surface area contributed by atoms with Crippen LogP contribution in [0.25, 0.3) is 22.3 Å². The predicted molar refractivity (Wildman–Crippen MR) is 71.9 cm³/mol. The summed E-state index contributed by atoms with van der Waals surface area (Å²) in [6.45, 7) is 2.03. The van der Waals surface area contributed by atoms with E-state index in [0.29, 0.717) is 0 Å². The van der Waals surface area contributed by atoms with Crippen LogP contribution in [-0.4, -0.2) is 4.98 Å². The van der Waals surface area contributed by atoms with Crippen LogP contribution in [0.2, 0.25) is 0 Å². The molecular weight excluding hydrogens is 278 g/mol. The number of aryl methyl sites for hydroxylation is 1. The molecule has 84 valence electrons. The third-order valence-electron chi connectivity index (χ3n) is 2.77. The normalized spacial score (nSPS) is 10.9. The Morgan fingerprint density at radius 1 is 1.12 bits per heavy atom. The Bertz CT molecular complexity index is 673. The molecule has 17 heavy (non-hydrogen) atoms. The lowest BCUT2D eigenvalue weighted by Gasteiger charge is -1.96. The fourth-order valence-corrected chi connectivity index (χ4v) is 2.76. The van der Waals surface area contributed by atoms with E-state index in [-0.39, 0.29) is 0 Å². The fraction of sp³-hybridized carbons (Fsp3) is 0.0714. The lowest BCUT2D eigenvalue weighted by Crippen LogP contribution is -1.77. The van der Waals surface area contributed by atoms with Gasteiger partial charge in [-0.15, -0.1) is 0 Å². The molecule has 0 radical (unpaired) electrons. The molecule has 1 aromatic carbocycles. The molecule has 0 saturated carbocycles. The van der Waals surface area contributed by atoms with Crippen molar-refractivity contribution in [1.82, 2.24) is 4.98 Å². The lowest BCUT2D eigenvalue weighted by atomic mass is 10.1. The Morgan fingerprint density at radius 3 is 2.59 bits per heavy atom. The molecule has 2 nitrogen and oxygen atoms in total. The van der Waals surface area contributed by atoms with Crippen LogP contribution in [-0.2, 0) is 0 Å². The molecule has 3 aromatic rings. The minimum atomic E-state index is 0.815. The summed E-state index contributed by atoms with van der Waals surface area (Å²) in [7, 11) is 0. The molecule has 0 aliphatic carbocycles. The standard InChI is InChI=1S/C14H10BrNO/c1-9-7-16-8-11-12(9)13(15)14(17-11)10-5-3-2-4-6-10/h2-8H,1H3. The number of rotatable bonds is 1. The van der Waals surface area contributed by atoms with Crippen LogP contribution in [0.4, 0.5) is 0 Å². The third kappa shape index (κ3) is 1.67. The number of hydrogen-bond donors (Lipinski definition) is 0. The van der Waals surface area contributed by atoms with Crippen LogP contribution < -0.4 is 0 Å². The molecule has 0 spiro atoms. The molecule has 0 N–H and O–H groups in total. The molecule has 0 unspecified atom stereocenters. The zero-order valence-electron chi connectivity index (χ0n) is 9.27. The smallest absolute Gasteiger partial charge is 0.154 e. The first-order valence-electron chi connectivity index (χ1n) is 5.35. The van der Waals surface area contributed by atoms with Gasteiger partial charge in [-0.25, -0.2) is 0 Å². The zero-order valence-corrected chi connectivity index (χ0v) is 10.9. The first-order valence-corrected chi connectivity index (χ1v) is 6.14. The topological polar surface area (TPSA) is 26.0 Å². The molecule has 3 rings (SSSR count). The molecule has 3 heteroatoms. The summed E-state index contributed by atoms with van der Waals surface area (Å²) in [6, 6.07) is 10.1. The van der Waals surface area contributed by atoms with Gasteiger partial charge in [0.2, 0.25) is 0 Å². The van der Waals surface area contributed by atoms with Gasteiger partial charge in [0.25, 0.3) is 0 Å². The van der Waals surface area contributed by atoms with Crippen LogP contribution in [0.1, 0.15) is 5.56 Å². The average Bonchev–Trinajstić information content (AvgIpc) is 2.69. The molecule has 0 saturated heterocycles. The van der Waals surface area contributed by atoms with E-state index in [1.54, 1.807) is 6.20 Å². The molecule has 0 bridgehead atoms. The average molecular weight is 288 g/mol. The Hall–Kier alpha value is -1.61. The highest BCUT2D eigenvalue weighted by molar-refractivity contribution is 9.10. The maximum atomic E-state index is 5.86. The van der Waals surface area contributed by atoms with E-state index in [2.05, 4.69) is 20.9 Å². The first-order chi connectivity index (χ1) is 8.27. The van der Waals surface area contributed by atoms with Gasteiger partial charge in [-0.05, 0) is 28.4 Å². The minimum absolute atomic E-state index is 0.815. The van der Waals surface area contributed by atoms with Gasteiger partial charge in [0.15, 0.2) is 5.58 Å². The summed E-state index contributed by atoms with van der Waals surface area (Å²) in [5, 5.41) is 1.10. The predicted octanol–water partition coefficient (Wildman–Crippen LogP) is 4.57. The van der Waals surface area contributed by atoms with Crippen molar-refractivity contribution in [2.75, 3.05) is 0 Å². The van der Waals surface area contributed by atoms with Crippen LogP contribution in [0.3, 0.4) is 0 Å². The van der Waals surface area contributed by atoms with E-state index in [1.807, 2.05) is 43.5 Å². The van der Waals surface area contributed by atoms with Gasteiger partial charge in [-0.1, -0.05) is 30.3 Å². The van der Waals surface area contributed by atoms with E-state index in [4.69, 9.17) is 4.42 Å². The number of fused-ring (bicyclic) bond motifs is 1. The fourth-order valence-electron chi connectivity index (χ4n) is 1.94. The van der Waals surface area contributed by atoms with E-state index < -0.39 is 0 Å². The van der Waals surface area contributed by atoms with Crippen molar-refractivity contribution in [3.63, 3.8) is 0 Å². The van der Waals surface area contributed by atoms with Gasteiger partial charge in [-0.3, -0.25) is 4.98 Å². The van der Waals surface area contributed by atoms with Crippen molar-refractivity contribution in [2.45, 2.75) is 6.92 Å². The maximum Gasteiger partial charge on any atom is 0.154 e. The quantitative estimate of drug-likeness (QED) is 0.655. The Morgan fingerprint density at radius 2 is 1.88 bits per heavy atom. The summed E-state index contributed by atoms with van der Waals surface area (Å²) >= 11 is 3.62. The van der Waals surface area contributed by atoms with Crippen molar-refractivity contribution in [3.8, 4) is 11.3 Å². The highest BCUT2D eigenvalue weighted by Crippen LogP contribution is 2.38. The Labute approximate surface area is 107 Å². The lowest BCUT2D eigenvalue weighted by molar-refractivity contribution is 0.628. The van der Waals surface area contributed by atoms with Gasteiger partial charge in [0.05, 0.1) is 10.7 Å². The molecule has 0 amide bonds. The monoisotopic (exact) mass is 287 g/mol. The molecular formula is C14H10BrNO. The second kappa shape index (κ2) is 4.00. The molecule has 2 aromatic heterocycles. The van der Waals surface area contributed by atoms with Crippen molar-refractivity contribution in [2.24, 2.45) is 0 Å². The maximum absolute atomic E-state index is 5.86. The van der Waals surface area contributed by atoms with Crippen LogP contribution in [0.5, 0.6) is 0 Å². The van der Waals surface area contributed by atoms with Crippen molar-refractivity contribution in [3.05, 3.63) is 52.8 Å². The number of aromatic nitrogens is 1. The summed E-state index contributed by atoms with van der Waals surface area (Å²) < 4.78 is 6.86. The molecule has 2 heterocycles. The second-order valence-electron chi connectivity index (χ2n) is 3.94. The second-order valence-corrected chi connectivity index (χ2v) is 4.73. The third-order valence-corrected chi connectivity index (χ3v) is 3.52. The van der Waals surface area contributed by atoms with Gasteiger partial charge >= 0.3 is 0 Å². The molecule has 0 aliphatic heterocycles. The summed E-state index contributed by atoms with van der Waals surface area (Å²) in [5.74, 6) is 0.858. The van der Waals surface area contributed by atoms with Gasteiger partial charge in [-0.2, -0.15) is 0 Å². The molecule has 0 fully saturated rings. The number of benzene rings is 1. The van der Waals surface area contributed by atoms with Gasteiger partial charge < -0.3 is 4.42 Å². The highest BCUT2D eigenvalue weighted by Gasteiger charge is 2.15. The van der Waals surface area contributed by atoms with Gasteiger partial charge in [0, 0.05) is 17.1 Å². The van der Waals surface area contributed by atoms with E-state index in [0.717, 1.165) is 32.3 Å². The largest absolute Gasteiger partial charge is 0.453 e. The number of furan rings is 1. The molecule has 0 aliphatic rings. The number of hydrogen-bond acceptors (Lipinski definition) is 2. The summed E-state index contributed by atoms with van der Waals surface area (Å²) in [6.07, 6.45) is 3.59. The SMILES string of the molecule is Cc1cncc2oc(-c3ccccc3)c(Br)c12. The minimum Gasteiger partial charge on any atom is -0.453 e. The van der Waals surface area contributed by atoms with E-state index in [9.17, 15) is 0 Å². The Balaban J connectivity index is 2.33. The number of pyridine rings is 1. The zero-order chi connectivity index (χ0) is 11.8. The van der Waals surface area contributed by atoms with Crippen LogP contribution >= 0.6 is 15.9 Å². The van der Waals surface area contributed by atoms with E-state index >= 15 is 0 Å². The summed E-state index contributed by atoms with van der Waals surface area (Å²) in [5.41, 5.74) is 2.99. The molecule has 0 atom stereocenters. The van der Waals surface area contributed by atoms with Gasteiger partial charge in [0.1, 0.15) is 5.76 Å². The number of halogens is 1. The van der Waals surface area contributed by atoms with Crippen LogP contribution in [0.15, 0.2) is 51.6 Å². The van der Waals surface area contributed by atoms with Crippen molar-refractivity contribution < 1.29 is 4.42 Å². The summed E-state index contributed by atoms with van der Waals surface area (Å²) in [4.78, 5) is 4.15. The van der Waals surface area contributed by atoms with Crippen molar-refractivity contribution in [1.29, 1.82) is 0 Å². The first kappa shape index (κ1) is 10.5. The van der Waals surface area contributed by atoms with E-state index in [1.165, 1.54) is 0 Å². The number of nitrogens with zero attached hydrogens (tertiary/aromatic N) is 1.